The molecule has 0 aliphatic rings. The summed E-state index contributed by atoms with van der Waals surface area (Å²) in [6.07, 6.45) is 2.23. The highest BCUT2D eigenvalue weighted by atomic mass is 127. The summed E-state index contributed by atoms with van der Waals surface area (Å²) < 4.78 is 15.6. The van der Waals surface area contributed by atoms with Gasteiger partial charge >= 0.3 is 0 Å². The van der Waals surface area contributed by atoms with Crippen LogP contribution in [-0.2, 0) is 13.0 Å². The second-order valence-corrected chi connectivity index (χ2v) is 6.70. The minimum atomic E-state index is -0.293. The van der Waals surface area contributed by atoms with Gasteiger partial charge in [0.15, 0.2) is 23.2 Å². The summed E-state index contributed by atoms with van der Waals surface area (Å²) in [5.74, 6) is 1.74. The van der Waals surface area contributed by atoms with Crippen LogP contribution in [0.1, 0.15) is 21.7 Å². The van der Waals surface area contributed by atoms with E-state index in [1.165, 1.54) is 6.26 Å². The Labute approximate surface area is 204 Å². The molecule has 0 bridgehead atoms. The van der Waals surface area contributed by atoms with E-state index in [4.69, 9.17) is 19.6 Å². The summed E-state index contributed by atoms with van der Waals surface area (Å²) in [5.41, 5.74) is 8.72. The minimum Gasteiger partial charge on any atom is -0.493 e. The predicted octanol–water partition coefficient (Wildman–Crippen LogP) is 3.81. The Morgan fingerprint density at radius 3 is 2.41 bits per heavy atom. The van der Waals surface area contributed by atoms with Gasteiger partial charge in [-0.2, -0.15) is 0 Å². The minimum absolute atomic E-state index is 0. The number of guanidine groups is 1. The zero-order valence-electron chi connectivity index (χ0n) is 18.0. The molecule has 32 heavy (non-hydrogen) atoms. The van der Waals surface area contributed by atoms with Crippen LogP contribution in [0, 0.1) is 0 Å². The molecule has 0 spiro atoms. The van der Waals surface area contributed by atoms with Gasteiger partial charge in [0.25, 0.3) is 5.91 Å². The molecule has 0 aliphatic heterocycles. The van der Waals surface area contributed by atoms with Crippen LogP contribution in [0.2, 0.25) is 0 Å². The Balaban J connectivity index is 0.00000363. The second kappa shape index (κ2) is 12.6. The normalized spacial score (nSPS) is 10.8. The molecule has 0 radical (unpaired) electrons. The number of ether oxygens (including phenoxy) is 2. The third kappa shape index (κ3) is 7.19. The van der Waals surface area contributed by atoms with Gasteiger partial charge in [0, 0.05) is 12.2 Å². The van der Waals surface area contributed by atoms with Crippen molar-refractivity contribution in [1.29, 1.82) is 0 Å². The number of methoxy groups -OCH3 is 2. The van der Waals surface area contributed by atoms with Gasteiger partial charge < -0.3 is 30.3 Å². The van der Waals surface area contributed by atoms with Crippen molar-refractivity contribution < 1.29 is 18.7 Å². The van der Waals surface area contributed by atoms with E-state index >= 15 is 0 Å². The van der Waals surface area contributed by atoms with Crippen molar-refractivity contribution in [2.45, 2.75) is 13.0 Å². The Morgan fingerprint density at radius 2 is 1.75 bits per heavy atom. The van der Waals surface area contributed by atoms with E-state index in [2.05, 4.69) is 15.6 Å². The molecule has 4 N–H and O–H groups in total. The number of carbonyl (C=O) groups is 1. The average Bonchev–Trinajstić information content (AvgIpc) is 3.34. The van der Waals surface area contributed by atoms with Crippen LogP contribution in [0.3, 0.4) is 0 Å². The summed E-state index contributed by atoms with van der Waals surface area (Å²) in [4.78, 5) is 16.3. The molecule has 1 heterocycles. The van der Waals surface area contributed by atoms with E-state index < -0.39 is 0 Å². The van der Waals surface area contributed by atoms with E-state index in [-0.39, 0.29) is 35.6 Å². The van der Waals surface area contributed by atoms with E-state index in [0.717, 1.165) is 17.5 Å². The molecule has 0 saturated heterocycles. The number of nitrogens with two attached hydrogens (primary N) is 1. The van der Waals surface area contributed by atoms with Crippen molar-refractivity contribution in [3.63, 3.8) is 0 Å². The molecule has 2 aromatic carbocycles. The van der Waals surface area contributed by atoms with E-state index in [0.29, 0.717) is 36.2 Å². The molecule has 0 atom stereocenters. The Bertz CT molecular complexity index is 1020. The van der Waals surface area contributed by atoms with Crippen molar-refractivity contribution >= 4 is 41.5 Å². The lowest BCUT2D eigenvalue weighted by molar-refractivity contribution is 0.0996. The smallest absolute Gasteiger partial charge is 0.291 e. The Kier molecular flexibility index (Phi) is 9.86. The fraction of sp³-hybridized carbons (Fsp3) is 0.217. The first kappa shape index (κ1) is 25.1. The van der Waals surface area contributed by atoms with Gasteiger partial charge in [0.1, 0.15) is 0 Å². The third-order valence-electron chi connectivity index (χ3n) is 4.56. The Morgan fingerprint density at radius 1 is 1.03 bits per heavy atom. The second-order valence-electron chi connectivity index (χ2n) is 6.70. The van der Waals surface area contributed by atoms with Gasteiger partial charge in [-0.15, -0.1) is 24.0 Å². The van der Waals surface area contributed by atoms with Gasteiger partial charge in [-0.25, -0.2) is 4.99 Å². The van der Waals surface area contributed by atoms with Crippen LogP contribution in [0.5, 0.6) is 11.5 Å². The number of hydrogen-bond donors (Lipinski definition) is 3. The van der Waals surface area contributed by atoms with Gasteiger partial charge in [0.05, 0.1) is 27.0 Å². The summed E-state index contributed by atoms with van der Waals surface area (Å²) in [6, 6.07) is 16.5. The maximum atomic E-state index is 12.0. The number of aliphatic imine (C=N–C) groups is 1. The Hall–Kier alpha value is -3.21. The molecule has 0 saturated carbocycles. The highest BCUT2D eigenvalue weighted by molar-refractivity contribution is 14.0. The number of rotatable bonds is 9. The van der Waals surface area contributed by atoms with Crippen molar-refractivity contribution in [3.05, 3.63) is 77.7 Å². The molecular formula is C23H27IN4O4. The number of furan rings is 1. The van der Waals surface area contributed by atoms with E-state index in [1.54, 1.807) is 26.4 Å². The van der Waals surface area contributed by atoms with Crippen molar-refractivity contribution in [3.8, 4) is 11.5 Å². The maximum Gasteiger partial charge on any atom is 0.291 e. The number of nitrogens with zero attached hydrogens (tertiary/aromatic N) is 1. The van der Waals surface area contributed by atoms with Gasteiger partial charge in [-0.3, -0.25) is 4.79 Å². The highest BCUT2D eigenvalue weighted by Gasteiger charge is 2.08. The number of anilines is 1. The lowest BCUT2D eigenvalue weighted by Gasteiger charge is -2.10. The molecule has 0 fully saturated rings. The first-order valence-corrected chi connectivity index (χ1v) is 9.77. The zero-order chi connectivity index (χ0) is 22.1. The largest absolute Gasteiger partial charge is 0.493 e. The summed E-state index contributed by atoms with van der Waals surface area (Å²) >= 11 is 0. The molecule has 8 nitrogen and oxygen atoms in total. The van der Waals surface area contributed by atoms with E-state index in [1.807, 2.05) is 42.5 Å². The molecule has 9 heteroatoms. The first-order valence-electron chi connectivity index (χ1n) is 9.77. The zero-order valence-corrected chi connectivity index (χ0v) is 20.3. The number of amides is 1. The average molecular weight is 550 g/mol. The van der Waals surface area contributed by atoms with Gasteiger partial charge in [-0.1, -0.05) is 18.2 Å². The van der Waals surface area contributed by atoms with Crippen LogP contribution in [0.4, 0.5) is 5.69 Å². The molecular weight excluding hydrogens is 523 g/mol. The fourth-order valence-electron chi connectivity index (χ4n) is 2.90. The van der Waals surface area contributed by atoms with Crippen LogP contribution in [-0.4, -0.2) is 32.6 Å². The van der Waals surface area contributed by atoms with Crippen LogP contribution in [0.15, 0.2) is 70.3 Å². The first-order chi connectivity index (χ1) is 15.1. The van der Waals surface area contributed by atoms with E-state index in [9.17, 15) is 4.79 Å². The predicted molar refractivity (Wildman–Crippen MR) is 135 cm³/mol. The van der Waals surface area contributed by atoms with Crippen LogP contribution in [0.25, 0.3) is 0 Å². The van der Waals surface area contributed by atoms with Crippen molar-refractivity contribution in [2.75, 3.05) is 26.1 Å². The molecule has 1 aromatic heterocycles. The molecule has 170 valence electrons. The SMILES string of the molecule is COc1ccc(CCNC(N)=NCc2ccc(NC(=O)c3ccco3)cc2)cc1OC.I. The number of carbonyl (C=O) groups excluding carboxylic acids is 1. The highest BCUT2D eigenvalue weighted by Crippen LogP contribution is 2.27. The molecule has 3 rings (SSSR count). The number of hydrogen-bond acceptors (Lipinski definition) is 5. The van der Waals surface area contributed by atoms with Crippen LogP contribution < -0.4 is 25.8 Å². The van der Waals surface area contributed by atoms with Gasteiger partial charge in [-0.05, 0) is 53.9 Å². The number of benzene rings is 2. The standard InChI is InChI=1S/C23H26N4O4.HI/c1-29-19-10-7-16(14-21(19)30-2)11-12-25-23(24)26-15-17-5-8-18(9-6-17)27-22(28)20-4-3-13-31-20;/h3-10,13-14H,11-12,15H2,1-2H3,(H,27,28)(H3,24,25,26);1H. The molecule has 1 amide bonds. The summed E-state index contributed by atoms with van der Waals surface area (Å²) in [5, 5.41) is 5.88. The topological polar surface area (TPSA) is 111 Å². The lowest BCUT2D eigenvalue weighted by Crippen LogP contribution is -2.33. The maximum absolute atomic E-state index is 12.0. The summed E-state index contributed by atoms with van der Waals surface area (Å²) in [6.45, 7) is 1.07. The van der Waals surface area contributed by atoms with Gasteiger partial charge in [0.2, 0.25) is 0 Å². The molecule has 0 aliphatic carbocycles. The lowest BCUT2D eigenvalue weighted by atomic mass is 10.1. The quantitative estimate of drug-likeness (QED) is 0.212. The summed E-state index contributed by atoms with van der Waals surface area (Å²) in [7, 11) is 3.23. The van der Waals surface area contributed by atoms with Crippen LogP contribution >= 0.6 is 24.0 Å². The monoisotopic (exact) mass is 550 g/mol. The van der Waals surface area contributed by atoms with Crippen molar-refractivity contribution in [1.82, 2.24) is 5.32 Å². The number of nitrogens with one attached hydrogen (secondary N) is 2. The molecule has 3 aromatic rings. The molecule has 0 unspecified atom stereocenters. The third-order valence-corrected chi connectivity index (χ3v) is 4.56. The fourth-order valence-corrected chi connectivity index (χ4v) is 2.90. The van der Waals surface area contributed by atoms with Crippen molar-refractivity contribution in [2.24, 2.45) is 10.7 Å². The number of halogens is 1.